The topological polar surface area (TPSA) is 52.6 Å². The van der Waals surface area contributed by atoms with Crippen LogP contribution in [-0.4, -0.2) is 30.6 Å². The van der Waals surface area contributed by atoms with E-state index < -0.39 is 0 Å². The number of carbonyl (C=O) groups is 1. The highest BCUT2D eigenvalue weighted by Gasteiger charge is 2.13. The Bertz CT molecular complexity index is 391. The van der Waals surface area contributed by atoms with Crippen molar-refractivity contribution < 1.29 is 9.90 Å². The van der Waals surface area contributed by atoms with Crippen molar-refractivity contribution in [3.05, 3.63) is 36.9 Å². The number of hydrogen-bond donors (Lipinski definition) is 2. The lowest BCUT2D eigenvalue weighted by Crippen LogP contribution is -2.38. The molecule has 1 amide bonds. The molecule has 0 spiro atoms. The van der Waals surface area contributed by atoms with Crippen molar-refractivity contribution in [1.82, 2.24) is 5.32 Å². The predicted octanol–water partition coefficient (Wildman–Crippen LogP) is 1.52. The molecule has 4 heteroatoms. The number of phenols is 1. The van der Waals surface area contributed by atoms with Crippen LogP contribution in [0.4, 0.5) is 5.69 Å². The molecule has 0 saturated carbocycles. The summed E-state index contributed by atoms with van der Waals surface area (Å²) in [5.74, 6) is 0.132. The van der Waals surface area contributed by atoms with Gasteiger partial charge < -0.3 is 15.3 Å². The van der Waals surface area contributed by atoms with Crippen molar-refractivity contribution in [2.24, 2.45) is 0 Å². The Morgan fingerprint density at radius 2 is 2.35 bits per heavy atom. The van der Waals surface area contributed by atoms with Gasteiger partial charge in [0.2, 0.25) is 5.91 Å². The second kappa shape index (κ2) is 6.70. The lowest BCUT2D eigenvalue weighted by Gasteiger charge is -2.21. The average Bonchev–Trinajstić information content (AvgIpc) is 2.30. The molecule has 1 aromatic rings. The van der Waals surface area contributed by atoms with Crippen molar-refractivity contribution in [1.29, 1.82) is 0 Å². The fourth-order valence-electron chi connectivity index (χ4n) is 1.54. The number of amides is 1. The van der Waals surface area contributed by atoms with E-state index in [1.165, 1.54) is 0 Å². The van der Waals surface area contributed by atoms with Gasteiger partial charge >= 0.3 is 0 Å². The summed E-state index contributed by atoms with van der Waals surface area (Å²) in [6.07, 6.45) is 1.71. The average molecular weight is 234 g/mol. The molecule has 0 saturated heterocycles. The minimum atomic E-state index is -0.0278. The van der Waals surface area contributed by atoms with Gasteiger partial charge in [-0.1, -0.05) is 12.1 Å². The van der Waals surface area contributed by atoms with Crippen LogP contribution in [0.2, 0.25) is 0 Å². The first-order chi connectivity index (χ1) is 8.19. The smallest absolute Gasteiger partial charge is 0.240 e. The van der Waals surface area contributed by atoms with E-state index in [1.807, 2.05) is 6.92 Å². The predicted molar refractivity (Wildman–Crippen MR) is 69.2 cm³/mol. The highest BCUT2D eigenvalue weighted by Crippen LogP contribution is 2.19. The highest BCUT2D eigenvalue weighted by molar-refractivity contribution is 5.94. The highest BCUT2D eigenvalue weighted by atomic mass is 16.3. The van der Waals surface area contributed by atoms with Crippen LogP contribution in [0.15, 0.2) is 36.9 Å². The van der Waals surface area contributed by atoms with E-state index in [0.29, 0.717) is 18.8 Å². The van der Waals surface area contributed by atoms with Gasteiger partial charge in [0, 0.05) is 24.8 Å². The maximum atomic E-state index is 11.9. The van der Waals surface area contributed by atoms with E-state index in [9.17, 15) is 9.90 Å². The van der Waals surface area contributed by atoms with E-state index in [1.54, 1.807) is 35.2 Å². The van der Waals surface area contributed by atoms with Crippen LogP contribution in [0, 0.1) is 0 Å². The summed E-state index contributed by atoms with van der Waals surface area (Å²) in [7, 11) is 0. The largest absolute Gasteiger partial charge is 0.508 e. The Morgan fingerprint density at radius 1 is 1.59 bits per heavy atom. The van der Waals surface area contributed by atoms with E-state index in [4.69, 9.17) is 0 Å². The lowest BCUT2D eigenvalue weighted by molar-refractivity contribution is -0.117. The molecule has 0 unspecified atom stereocenters. The van der Waals surface area contributed by atoms with Gasteiger partial charge in [-0.25, -0.2) is 0 Å². The summed E-state index contributed by atoms with van der Waals surface area (Å²) in [6, 6.07) is 6.68. The van der Waals surface area contributed by atoms with Crippen LogP contribution in [0.1, 0.15) is 6.92 Å². The van der Waals surface area contributed by atoms with E-state index >= 15 is 0 Å². The number of phenolic OH excluding ortho intramolecular Hbond substituents is 1. The van der Waals surface area contributed by atoms with Crippen molar-refractivity contribution >= 4 is 11.6 Å². The minimum Gasteiger partial charge on any atom is -0.508 e. The van der Waals surface area contributed by atoms with Gasteiger partial charge in [0.1, 0.15) is 5.75 Å². The lowest BCUT2D eigenvalue weighted by atomic mass is 10.2. The molecule has 4 nitrogen and oxygen atoms in total. The molecule has 0 bridgehead atoms. The zero-order chi connectivity index (χ0) is 12.7. The fourth-order valence-corrected chi connectivity index (χ4v) is 1.54. The number of likely N-dealkylation sites (N-methyl/N-ethyl adjacent to an activating group) is 1. The van der Waals surface area contributed by atoms with Gasteiger partial charge in [-0.15, -0.1) is 6.58 Å². The molecule has 0 aliphatic heterocycles. The van der Waals surface area contributed by atoms with Crippen molar-refractivity contribution in [3.8, 4) is 5.75 Å². The molecule has 0 aliphatic rings. The van der Waals surface area contributed by atoms with Crippen molar-refractivity contribution in [2.75, 3.05) is 24.5 Å². The van der Waals surface area contributed by atoms with Crippen LogP contribution >= 0.6 is 0 Å². The zero-order valence-electron chi connectivity index (χ0n) is 10.0. The van der Waals surface area contributed by atoms with E-state index in [0.717, 1.165) is 0 Å². The molecule has 92 valence electrons. The number of anilines is 1. The molecule has 2 N–H and O–H groups in total. The monoisotopic (exact) mass is 234 g/mol. The van der Waals surface area contributed by atoms with Crippen molar-refractivity contribution in [2.45, 2.75) is 6.92 Å². The number of carbonyl (C=O) groups excluding carboxylic acids is 1. The number of hydrogen-bond acceptors (Lipinski definition) is 3. The normalized spacial score (nSPS) is 9.94. The number of nitrogens with one attached hydrogen (secondary N) is 1. The Hall–Kier alpha value is -1.81. The molecule has 17 heavy (non-hydrogen) atoms. The quantitative estimate of drug-likeness (QED) is 0.579. The SMILES string of the molecule is C=CCNCC(=O)N(CC)c1cccc(O)c1. The molecule has 0 aromatic heterocycles. The maximum Gasteiger partial charge on any atom is 0.240 e. The van der Waals surface area contributed by atoms with Crippen LogP contribution in [-0.2, 0) is 4.79 Å². The Kier molecular flexibility index (Phi) is 5.23. The zero-order valence-corrected chi connectivity index (χ0v) is 10.0. The van der Waals surface area contributed by atoms with Gasteiger partial charge in [-0.05, 0) is 19.1 Å². The third kappa shape index (κ3) is 3.92. The summed E-state index contributed by atoms with van der Waals surface area (Å²) >= 11 is 0. The maximum absolute atomic E-state index is 11.9. The first-order valence-electron chi connectivity index (χ1n) is 5.60. The second-order valence-electron chi connectivity index (χ2n) is 3.58. The van der Waals surface area contributed by atoms with Crippen LogP contribution in [0.5, 0.6) is 5.75 Å². The molecular weight excluding hydrogens is 216 g/mol. The Morgan fingerprint density at radius 3 is 2.94 bits per heavy atom. The molecule has 0 atom stereocenters. The molecule has 0 fully saturated rings. The molecule has 0 aliphatic carbocycles. The standard InChI is InChI=1S/C13H18N2O2/c1-3-8-14-10-13(17)15(4-2)11-6-5-7-12(16)9-11/h3,5-7,9,14,16H,1,4,8,10H2,2H3. The van der Waals surface area contributed by atoms with Gasteiger partial charge in [0.05, 0.1) is 6.54 Å². The summed E-state index contributed by atoms with van der Waals surface area (Å²) in [6.45, 7) is 6.90. The van der Waals surface area contributed by atoms with Gasteiger partial charge in [0.15, 0.2) is 0 Å². The number of benzene rings is 1. The molecule has 0 radical (unpaired) electrons. The Balaban J connectivity index is 2.70. The van der Waals surface area contributed by atoms with Gasteiger partial charge in [-0.2, -0.15) is 0 Å². The van der Waals surface area contributed by atoms with Crippen LogP contribution < -0.4 is 10.2 Å². The Labute approximate surface area is 102 Å². The van der Waals surface area contributed by atoms with Crippen LogP contribution in [0.3, 0.4) is 0 Å². The number of rotatable bonds is 6. The van der Waals surface area contributed by atoms with Crippen molar-refractivity contribution in [3.63, 3.8) is 0 Å². The summed E-state index contributed by atoms with van der Waals surface area (Å²) in [5.41, 5.74) is 0.706. The molecule has 1 aromatic carbocycles. The summed E-state index contributed by atoms with van der Waals surface area (Å²) in [4.78, 5) is 13.5. The first kappa shape index (κ1) is 13.3. The molecular formula is C13H18N2O2. The molecule has 0 heterocycles. The van der Waals surface area contributed by atoms with Gasteiger partial charge in [0.25, 0.3) is 0 Å². The third-order valence-corrected chi connectivity index (χ3v) is 2.32. The number of nitrogens with zero attached hydrogens (tertiary/aromatic N) is 1. The summed E-state index contributed by atoms with van der Waals surface area (Å²) < 4.78 is 0. The third-order valence-electron chi connectivity index (χ3n) is 2.32. The minimum absolute atomic E-state index is 0.0278. The van der Waals surface area contributed by atoms with E-state index in [-0.39, 0.29) is 18.2 Å². The molecule has 1 rings (SSSR count). The van der Waals surface area contributed by atoms with Crippen LogP contribution in [0.25, 0.3) is 0 Å². The first-order valence-corrected chi connectivity index (χ1v) is 5.60. The fraction of sp³-hybridized carbons (Fsp3) is 0.308. The van der Waals surface area contributed by atoms with E-state index in [2.05, 4.69) is 11.9 Å². The number of aromatic hydroxyl groups is 1. The van der Waals surface area contributed by atoms with Gasteiger partial charge in [-0.3, -0.25) is 4.79 Å². The summed E-state index contributed by atoms with van der Waals surface area (Å²) in [5, 5.41) is 12.3. The second-order valence-corrected chi connectivity index (χ2v) is 3.58.